The van der Waals surface area contributed by atoms with E-state index in [1.54, 1.807) is 12.1 Å². The van der Waals surface area contributed by atoms with Gasteiger partial charge in [-0.1, -0.05) is 185 Å². The maximum atomic E-state index is 12.1. The molecule has 658 valence electrons. The van der Waals surface area contributed by atoms with Crippen LogP contribution in [0.3, 0.4) is 0 Å². The minimum absolute atomic E-state index is 0.0645. The van der Waals surface area contributed by atoms with Crippen LogP contribution in [-0.4, -0.2) is 50.9 Å². The molecule has 4 aliphatic heterocycles. The zero-order valence-corrected chi connectivity index (χ0v) is 80.7. The molecule has 0 spiro atoms. The normalized spacial score (nSPS) is 14.7. The lowest BCUT2D eigenvalue weighted by molar-refractivity contribution is 0.0964. The van der Waals surface area contributed by atoms with Crippen LogP contribution in [0.5, 0.6) is 34.5 Å². The number of rotatable bonds is 7. The van der Waals surface area contributed by atoms with Crippen LogP contribution in [0.4, 0.5) is 0 Å². The lowest BCUT2D eigenvalue weighted by Crippen LogP contribution is -2.14. The first-order valence-corrected chi connectivity index (χ1v) is 48.8. The molecule has 0 radical (unpaired) electrons. The van der Waals surface area contributed by atoms with E-state index in [1.807, 2.05) is 159 Å². The maximum Gasteiger partial charge on any atom is 0.173 e. The molecule has 0 unspecified atom stereocenters. The van der Waals surface area contributed by atoms with Gasteiger partial charge in [0.05, 0.1) is 5.33 Å². The predicted molar refractivity (Wildman–Crippen MR) is 528 cm³/mol. The summed E-state index contributed by atoms with van der Waals surface area (Å²) in [5.74, 6) is 5.50. The number of aromatic hydroxyl groups is 1. The number of alkyl halides is 2. The zero-order chi connectivity index (χ0) is 90.7. The molecular weight excluding hydrogens is 1970 g/mol. The monoisotopic (exact) mass is 2050 g/mol. The molecule has 22 rings (SSSR count). The van der Waals surface area contributed by atoms with E-state index in [-0.39, 0.29) is 46.2 Å². The third kappa shape index (κ3) is 21.9. The van der Waals surface area contributed by atoms with E-state index < -0.39 is 0 Å². The second kappa shape index (κ2) is 42.9. The Morgan fingerprint density at radius 2 is 0.682 bits per heavy atom. The number of Topliss-reactive ketones (excluding diaryl/α,β-unsaturated/α-hetero) is 7. The molecule has 0 bridgehead atoms. The van der Waals surface area contributed by atoms with Gasteiger partial charge in [-0.3, -0.25) is 33.6 Å². The van der Waals surface area contributed by atoms with Crippen molar-refractivity contribution in [1.82, 2.24) is 0 Å². The van der Waals surface area contributed by atoms with Crippen molar-refractivity contribution < 1.29 is 62.4 Å². The van der Waals surface area contributed by atoms with E-state index in [1.165, 1.54) is 16.7 Å². The number of hydrogen-bond acceptors (Lipinski definition) is 13. The van der Waals surface area contributed by atoms with Crippen LogP contribution in [0, 0.1) is 0 Å². The van der Waals surface area contributed by atoms with Crippen molar-refractivity contribution in [2.24, 2.45) is 0 Å². The van der Waals surface area contributed by atoms with Gasteiger partial charge in [-0.05, 0) is 312 Å². The average Bonchev–Trinajstić information content (AvgIpc) is 0.775. The number of carbonyl (C=O) groups excluding carboxylic acids is 7. The number of fused-ring (bicyclic) bond motifs is 18. The standard InChI is InChI=1S/C19H15BrO3.C19H16O2.C17H14BrClO2.2C17H13ClO2.C10H10O2.C7H5Br2Cl.C2H6/c20-9-18(22)12-4-5-14-13(6-12)10-23-19-8-15-11(7-16(14)19)2-1-3-17(15)21;1-2-12-6-7-15-14(8-12)11-21-19-10-16-13(9-17(15)19)4-3-5-18(16)20;18-16-7-5-13(19)8-12(16)10-21-14-6-4-11-2-1-3-17(20)15(11)9-14;2*18-12-4-5-13-11(6-12)9-20-17-8-14-10(7-15(13)17)2-1-3-16(14)19;11-8-5-4-7-2-1-3-10(12)9(7)6-8;8-4-5-3-6(10)1-2-7(5)9;1-2/h4-8H,1-3,9-10H2;2,6-10H,1,3-5,11H2;4-9H,1-3,10H2;2*4-8H,1-3,9H2;4-6,11H,1-3H2;1-3H,4H2;1-2H3. The summed E-state index contributed by atoms with van der Waals surface area (Å²) in [6.45, 7) is 10.2. The summed E-state index contributed by atoms with van der Waals surface area (Å²) in [6.07, 6.45) is 17.1. The van der Waals surface area contributed by atoms with Gasteiger partial charge in [-0.2, -0.15) is 0 Å². The first-order valence-electron chi connectivity index (χ1n) is 43.5. The zero-order valence-electron chi connectivity index (χ0n) is 71.3. The first-order chi connectivity index (χ1) is 62.5. The van der Waals surface area contributed by atoms with Crippen LogP contribution in [0.25, 0.3) is 50.6 Å². The van der Waals surface area contributed by atoms with E-state index in [4.69, 9.17) is 75.2 Å². The molecular formula is C108H92Br4Cl4O13. The Morgan fingerprint density at radius 1 is 0.349 bits per heavy atom. The van der Waals surface area contributed by atoms with Gasteiger partial charge in [0.25, 0.3) is 0 Å². The fourth-order valence-corrected chi connectivity index (χ4v) is 20.3. The molecule has 0 atom stereocenters. The van der Waals surface area contributed by atoms with Crippen LogP contribution in [0.2, 0.25) is 20.1 Å². The Bertz CT molecular complexity index is 6330. The highest BCUT2D eigenvalue weighted by atomic mass is 79.9. The molecule has 0 aromatic heterocycles. The molecule has 0 fully saturated rings. The number of halogens is 8. The number of phenols is 1. The fraction of sp³-hybridized carbons (Fsp3) is 0.250. The quantitative estimate of drug-likeness (QED) is 0.117. The van der Waals surface area contributed by atoms with Gasteiger partial charge >= 0.3 is 0 Å². The molecule has 4 heterocycles. The number of phenolic OH excluding ortho intramolecular Hbond substituents is 1. The molecule has 12 aromatic rings. The Hall–Kier alpha value is -10.1. The molecule has 13 nitrogen and oxygen atoms in total. The molecule has 21 heteroatoms. The van der Waals surface area contributed by atoms with E-state index >= 15 is 0 Å². The molecule has 6 aliphatic carbocycles. The van der Waals surface area contributed by atoms with Gasteiger partial charge in [-0.15, -0.1) is 0 Å². The Labute approximate surface area is 805 Å². The van der Waals surface area contributed by atoms with Gasteiger partial charge in [0.15, 0.2) is 40.5 Å². The van der Waals surface area contributed by atoms with Crippen LogP contribution in [-0.2, 0) is 76.9 Å². The first kappa shape index (κ1) is 93.6. The SMILES string of the molecule is C=Cc1ccc2c(c1)COc1cc3c(cc1-2)CCCC3=O.CC.Clc1ccc(Br)c(CBr)c1.O=C(CBr)c1ccc2c(c1)COc1cc3c(cc1-2)CCCC3=O.O=C1CCCc2cc3c(cc21)OCc1cc(Cl)ccc1-3.O=C1CCCc2cc3c(cc21)OCc1cc(Cl)ccc1-3.O=C1CCCc2ccc(O)cc21.O=C1CCCc2ccc(OCc3cc(Cl)ccc3Br)cc21. The smallest absolute Gasteiger partial charge is 0.173 e. The summed E-state index contributed by atoms with van der Waals surface area (Å²) in [7, 11) is 0. The minimum atomic E-state index is 0.0645. The summed E-state index contributed by atoms with van der Waals surface area (Å²) in [5.41, 5.74) is 28.9. The molecule has 1 N–H and O–H groups in total. The summed E-state index contributed by atoms with van der Waals surface area (Å²) in [4.78, 5) is 83.2. The van der Waals surface area contributed by atoms with Crippen molar-refractivity contribution in [2.75, 3.05) is 5.33 Å². The van der Waals surface area contributed by atoms with E-state index in [0.717, 1.165) is 263 Å². The molecule has 0 saturated carbocycles. The van der Waals surface area contributed by atoms with Gasteiger partial charge < -0.3 is 28.8 Å². The van der Waals surface area contributed by atoms with Crippen LogP contribution < -0.4 is 23.7 Å². The van der Waals surface area contributed by atoms with Crippen molar-refractivity contribution in [3.05, 3.63) is 341 Å². The number of benzene rings is 12. The van der Waals surface area contributed by atoms with Crippen LogP contribution in [0.1, 0.15) is 236 Å². The number of ether oxygens (including phenoxy) is 5. The van der Waals surface area contributed by atoms with Crippen molar-refractivity contribution in [1.29, 1.82) is 0 Å². The highest BCUT2D eigenvalue weighted by molar-refractivity contribution is 9.11. The van der Waals surface area contributed by atoms with Crippen LogP contribution >= 0.6 is 110 Å². The number of carbonyl (C=O) groups is 7. The van der Waals surface area contributed by atoms with Gasteiger partial charge in [0.2, 0.25) is 0 Å². The van der Waals surface area contributed by atoms with Crippen molar-refractivity contribution >= 4 is 157 Å². The number of ketones is 7. The van der Waals surface area contributed by atoms with Crippen molar-refractivity contribution in [3.8, 4) is 79.0 Å². The average molecular weight is 2060 g/mol. The lowest BCUT2D eigenvalue weighted by Gasteiger charge is -2.24. The Balaban J connectivity index is 0.000000117. The Morgan fingerprint density at radius 3 is 1.08 bits per heavy atom. The largest absolute Gasteiger partial charge is 0.508 e. The topological polar surface area (TPSA) is 186 Å². The summed E-state index contributed by atoms with van der Waals surface area (Å²) >= 11 is 37.3. The lowest BCUT2D eigenvalue weighted by atomic mass is 9.86. The molecule has 129 heavy (non-hydrogen) atoms. The third-order valence-electron chi connectivity index (χ3n) is 24.2. The van der Waals surface area contributed by atoms with Gasteiger partial charge in [0, 0.05) is 140 Å². The summed E-state index contributed by atoms with van der Waals surface area (Å²) in [5, 5.41) is 13.2. The predicted octanol–water partition coefficient (Wildman–Crippen LogP) is 29.7. The molecule has 12 aromatic carbocycles. The number of aryl methyl sites for hydroxylation is 6. The fourth-order valence-electron chi connectivity index (χ4n) is 17.6. The molecule has 0 saturated heterocycles. The maximum absolute atomic E-state index is 12.1. The van der Waals surface area contributed by atoms with E-state index in [0.29, 0.717) is 93.0 Å². The highest BCUT2D eigenvalue weighted by Gasteiger charge is 2.31. The molecule has 0 amide bonds. The molecule has 10 aliphatic rings. The number of hydrogen-bond donors (Lipinski definition) is 1. The third-order valence-corrected chi connectivity index (χ3v) is 27.8. The van der Waals surface area contributed by atoms with Gasteiger partial charge in [-0.25, -0.2) is 0 Å². The second-order valence-electron chi connectivity index (χ2n) is 32.5. The van der Waals surface area contributed by atoms with Crippen molar-refractivity contribution in [3.63, 3.8) is 0 Å². The van der Waals surface area contributed by atoms with Crippen LogP contribution in [0.15, 0.2) is 210 Å². The summed E-state index contributed by atoms with van der Waals surface area (Å²) < 4.78 is 31.2. The van der Waals surface area contributed by atoms with Gasteiger partial charge in [0.1, 0.15) is 67.5 Å². The minimum Gasteiger partial charge on any atom is -0.508 e. The Kier molecular flexibility index (Phi) is 31.1. The van der Waals surface area contributed by atoms with E-state index in [2.05, 4.69) is 113 Å². The van der Waals surface area contributed by atoms with E-state index in [9.17, 15) is 33.6 Å². The van der Waals surface area contributed by atoms with Crippen molar-refractivity contribution in [2.45, 2.75) is 168 Å². The summed E-state index contributed by atoms with van der Waals surface area (Å²) in [6, 6.07) is 62.2. The second-order valence-corrected chi connectivity index (χ2v) is 37.1. The highest BCUT2D eigenvalue weighted by Crippen LogP contribution is 2.47.